The third-order valence-electron chi connectivity index (χ3n) is 7.50. The number of anilines is 1. The van der Waals surface area contributed by atoms with Crippen molar-refractivity contribution in [3.8, 4) is 5.75 Å². The smallest absolute Gasteiger partial charge is 0.258 e. The number of benzene rings is 1. The van der Waals surface area contributed by atoms with Crippen LogP contribution in [0.15, 0.2) is 43.1 Å². The number of aryl methyl sites for hydroxylation is 1. The molecule has 9 nitrogen and oxygen atoms in total. The highest BCUT2D eigenvalue weighted by molar-refractivity contribution is 6.36. The van der Waals surface area contributed by atoms with E-state index < -0.39 is 0 Å². The van der Waals surface area contributed by atoms with Crippen LogP contribution in [0.5, 0.6) is 5.75 Å². The molecule has 0 aliphatic carbocycles. The topological polar surface area (TPSA) is 92.6 Å². The van der Waals surface area contributed by atoms with Gasteiger partial charge in [-0.1, -0.05) is 18.2 Å². The van der Waals surface area contributed by atoms with Gasteiger partial charge < -0.3 is 14.2 Å². The molecule has 2 amide bonds. The molecule has 39 heavy (non-hydrogen) atoms. The number of nitrogens with zero attached hydrogens (tertiary/aromatic N) is 5. The Hall–Kier alpha value is -3.43. The van der Waals surface area contributed by atoms with E-state index in [0.29, 0.717) is 53.0 Å². The van der Waals surface area contributed by atoms with Crippen molar-refractivity contribution in [1.29, 1.82) is 0 Å². The van der Waals surface area contributed by atoms with Gasteiger partial charge in [-0.2, -0.15) is 0 Å². The summed E-state index contributed by atoms with van der Waals surface area (Å²) in [6, 6.07) is 6.97. The van der Waals surface area contributed by atoms with E-state index in [1.54, 1.807) is 23.2 Å². The first-order valence-corrected chi connectivity index (χ1v) is 14.0. The number of carbonyl (C=O) groups excluding carboxylic acids is 2. The van der Waals surface area contributed by atoms with Crippen molar-refractivity contribution in [3.63, 3.8) is 0 Å². The Balaban J connectivity index is 1.51. The maximum Gasteiger partial charge on any atom is 0.258 e. The van der Waals surface area contributed by atoms with E-state index in [4.69, 9.17) is 21.3 Å². The number of amides is 2. The maximum atomic E-state index is 13.3. The zero-order chi connectivity index (χ0) is 27.4. The number of nitrogens with one attached hydrogen (secondary N) is 1. The van der Waals surface area contributed by atoms with Crippen LogP contribution >= 0.6 is 11.6 Å². The van der Waals surface area contributed by atoms with Gasteiger partial charge in [-0.15, -0.1) is 0 Å². The van der Waals surface area contributed by atoms with E-state index in [2.05, 4.69) is 21.8 Å². The quantitative estimate of drug-likeness (QED) is 0.403. The molecule has 206 valence electrons. The van der Waals surface area contributed by atoms with E-state index in [1.807, 2.05) is 23.6 Å². The maximum absolute atomic E-state index is 13.3. The molecule has 2 saturated heterocycles. The third kappa shape index (κ3) is 6.09. The number of aromatic nitrogens is 3. The number of hydrogen-bond donors (Lipinski definition) is 1. The second kappa shape index (κ2) is 12.2. The van der Waals surface area contributed by atoms with Gasteiger partial charge in [-0.05, 0) is 82.5 Å². The molecule has 3 aromatic rings. The van der Waals surface area contributed by atoms with Crippen molar-refractivity contribution in [2.24, 2.45) is 0 Å². The molecule has 2 aromatic heterocycles. The van der Waals surface area contributed by atoms with Crippen LogP contribution < -0.4 is 10.1 Å². The zero-order valence-corrected chi connectivity index (χ0v) is 23.1. The van der Waals surface area contributed by atoms with Crippen LogP contribution in [0, 0.1) is 6.92 Å². The van der Waals surface area contributed by atoms with Crippen molar-refractivity contribution in [2.75, 3.05) is 44.6 Å². The van der Waals surface area contributed by atoms with Crippen LogP contribution in [-0.4, -0.2) is 75.5 Å². The molecule has 4 heterocycles. The summed E-state index contributed by atoms with van der Waals surface area (Å²) in [4.78, 5) is 39.0. The lowest BCUT2D eigenvalue weighted by Crippen LogP contribution is -2.34. The standard InChI is InChI=1S/C29H35ClN6O3/c1-3-25(37)35-15-5-4-8-22(19-35)36-27-23(32-29(36)33-28(38)21-11-12-31-20(2)18-21)9-10-24(26(27)30)39-17-16-34-13-6-7-14-34/h3,9-12,18,22H,1,4-8,13-17,19H2,2H3,(H,32,33,38). The first-order chi connectivity index (χ1) is 18.9. The summed E-state index contributed by atoms with van der Waals surface area (Å²) < 4.78 is 8.11. The van der Waals surface area contributed by atoms with Crippen molar-refractivity contribution >= 4 is 40.4 Å². The fourth-order valence-corrected chi connectivity index (χ4v) is 5.80. The van der Waals surface area contributed by atoms with E-state index >= 15 is 0 Å². The SMILES string of the molecule is C=CC(=O)N1CCCCC(n2c(NC(=O)c3ccnc(C)c3)nc3ccc(OCCN4CCCC4)c(Cl)c32)C1. The van der Waals surface area contributed by atoms with E-state index in [9.17, 15) is 9.59 Å². The highest BCUT2D eigenvalue weighted by Crippen LogP contribution is 2.38. The van der Waals surface area contributed by atoms with Crippen molar-refractivity contribution < 1.29 is 14.3 Å². The Kier molecular flexibility index (Phi) is 8.47. The fraction of sp³-hybridized carbons (Fsp3) is 0.448. The van der Waals surface area contributed by atoms with Crippen molar-refractivity contribution in [1.82, 2.24) is 24.3 Å². The van der Waals surface area contributed by atoms with Crippen LogP contribution in [0.25, 0.3) is 11.0 Å². The Bertz CT molecular complexity index is 1370. The highest BCUT2D eigenvalue weighted by atomic mass is 35.5. The lowest BCUT2D eigenvalue weighted by molar-refractivity contribution is -0.126. The van der Waals surface area contributed by atoms with Crippen LogP contribution in [0.4, 0.5) is 5.95 Å². The molecule has 0 radical (unpaired) electrons. The number of carbonyl (C=O) groups is 2. The largest absolute Gasteiger partial charge is 0.491 e. The number of halogens is 1. The summed E-state index contributed by atoms with van der Waals surface area (Å²) in [6.07, 6.45) is 8.03. The average Bonchev–Trinajstić information content (AvgIpc) is 3.51. The lowest BCUT2D eigenvalue weighted by Gasteiger charge is -2.26. The summed E-state index contributed by atoms with van der Waals surface area (Å²) in [5, 5.41) is 3.45. The molecule has 1 aromatic carbocycles. The predicted octanol–water partition coefficient (Wildman–Crippen LogP) is 4.86. The monoisotopic (exact) mass is 550 g/mol. The Morgan fingerprint density at radius 1 is 1.18 bits per heavy atom. The minimum Gasteiger partial charge on any atom is -0.491 e. The Morgan fingerprint density at radius 3 is 2.74 bits per heavy atom. The summed E-state index contributed by atoms with van der Waals surface area (Å²) in [7, 11) is 0. The van der Waals surface area contributed by atoms with Gasteiger partial charge in [0.25, 0.3) is 5.91 Å². The van der Waals surface area contributed by atoms with E-state index in [1.165, 1.54) is 18.9 Å². The molecular formula is C29H35ClN6O3. The minimum absolute atomic E-state index is 0.110. The number of ether oxygens (including phenoxy) is 1. The third-order valence-corrected chi connectivity index (χ3v) is 7.87. The van der Waals surface area contributed by atoms with Gasteiger partial charge >= 0.3 is 0 Å². The molecule has 10 heteroatoms. The molecule has 5 rings (SSSR count). The van der Waals surface area contributed by atoms with Crippen LogP contribution in [-0.2, 0) is 4.79 Å². The summed E-state index contributed by atoms with van der Waals surface area (Å²) in [5.41, 5.74) is 2.58. The number of hydrogen-bond acceptors (Lipinski definition) is 6. The lowest BCUT2D eigenvalue weighted by atomic mass is 10.1. The number of rotatable bonds is 8. The molecule has 1 N–H and O–H groups in total. The van der Waals surface area contributed by atoms with Gasteiger partial charge in [0, 0.05) is 37.1 Å². The fourth-order valence-electron chi connectivity index (χ4n) is 5.50. The van der Waals surface area contributed by atoms with Crippen molar-refractivity contribution in [3.05, 3.63) is 59.4 Å². The van der Waals surface area contributed by atoms with Crippen molar-refractivity contribution in [2.45, 2.75) is 45.1 Å². The number of pyridine rings is 1. The molecule has 1 unspecified atom stereocenters. The molecular weight excluding hydrogens is 516 g/mol. The molecule has 0 bridgehead atoms. The normalized spacial score (nSPS) is 18.2. The number of fused-ring (bicyclic) bond motifs is 1. The molecule has 0 spiro atoms. The van der Waals surface area contributed by atoms with Gasteiger partial charge in [-0.3, -0.25) is 24.8 Å². The second-order valence-corrected chi connectivity index (χ2v) is 10.6. The van der Waals surface area contributed by atoms with E-state index in [-0.39, 0.29) is 17.9 Å². The van der Waals surface area contributed by atoms with Gasteiger partial charge in [-0.25, -0.2) is 4.98 Å². The molecule has 2 aliphatic heterocycles. The molecule has 0 saturated carbocycles. The van der Waals surface area contributed by atoms with Gasteiger partial charge in [0.2, 0.25) is 11.9 Å². The molecule has 2 aliphatic rings. The number of likely N-dealkylation sites (tertiary alicyclic amines) is 2. The highest BCUT2D eigenvalue weighted by Gasteiger charge is 2.28. The summed E-state index contributed by atoms with van der Waals surface area (Å²) in [6.45, 7) is 10.2. The van der Waals surface area contributed by atoms with Crippen LogP contribution in [0.1, 0.15) is 54.2 Å². The Morgan fingerprint density at radius 2 is 1.97 bits per heavy atom. The summed E-state index contributed by atoms with van der Waals surface area (Å²) in [5.74, 6) is 0.572. The van der Waals surface area contributed by atoms with E-state index in [0.717, 1.165) is 44.6 Å². The molecule has 1 atom stereocenters. The zero-order valence-electron chi connectivity index (χ0n) is 22.4. The first-order valence-electron chi connectivity index (χ1n) is 13.7. The molecule has 2 fully saturated rings. The first kappa shape index (κ1) is 27.1. The number of imidazole rings is 1. The predicted molar refractivity (Wildman–Crippen MR) is 153 cm³/mol. The summed E-state index contributed by atoms with van der Waals surface area (Å²) >= 11 is 7.00. The van der Waals surface area contributed by atoms with Gasteiger partial charge in [0.15, 0.2) is 0 Å². The van der Waals surface area contributed by atoms with Crippen LogP contribution in [0.3, 0.4) is 0 Å². The average molecular weight is 551 g/mol. The van der Waals surface area contributed by atoms with Gasteiger partial charge in [0.1, 0.15) is 17.4 Å². The second-order valence-electron chi connectivity index (χ2n) is 10.2. The minimum atomic E-state index is -0.289. The van der Waals surface area contributed by atoms with Gasteiger partial charge in [0.05, 0.1) is 17.1 Å². The Labute approximate surface area is 233 Å². The van der Waals surface area contributed by atoms with Crippen LogP contribution in [0.2, 0.25) is 5.02 Å².